The van der Waals surface area contributed by atoms with Crippen molar-refractivity contribution in [1.82, 2.24) is 44.9 Å². The summed E-state index contributed by atoms with van der Waals surface area (Å²) in [4.78, 5) is 65.4. The number of nitrogens with zero attached hydrogens (tertiary/aromatic N) is 8. The number of anilines is 2. The molecule has 0 radical (unpaired) electrons. The Morgan fingerprint density at radius 3 is 2.21 bits per heavy atom. The number of nitrogens with one attached hydrogen (secondary N) is 4. The van der Waals surface area contributed by atoms with Crippen molar-refractivity contribution in [1.29, 1.82) is 5.41 Å². The van der Waals surface area contributed by atoms with E-state index in [1.54, 1.807) is 81.7 Å². The fraction of sp³-hybridized carbons (Fsp3) is 0.452. The van der Waals surface area contributed by atoms with E-state index in [9.17, 15) is 19.2 Å². The van der Waals surface area contributed by atoms with E-state index in [4.69, 9.17) is 40.7 Å². The maximum Gasteiger partial charge on any atom is 0.325 e. The zero-order valence-corrected chi connectivity index (χ0v) is 50.8. The maximum atomic E-state index is 13.9. The van der Waals surface area contributed by atoms with Gasteiger partial charge in [-0.2, -0.15) is 0 Å². The van der Waals surface area contributed by atoms with E-state index in [1.807, 2.05) is 49.3 Å². The number of carbonyl (C=O) groups is 4. The summed E-state index contributed by atoms with van der Waals surface area (Å²) in [7, 11) is 4.13. The summed E-state index contributed by atoms with van der Waals surface area (Å²) in [6.45, 7) is 19.0. The van der Waals surface area contributed by atoms with Crippen LogP contribution >= 0.6 is 22.9 Å². The number of hydrogen-bond acceptors (Lipinski definition) is 16. The number of hydrogen-bond donors (Lipinski definition) is 4. The van der Waals surface area contributed by atoms with Crippen molar-refractivity contribution in [3.05, 3.63) is 149 Å². The van der Waals surface area contributed by atoms with Crippen LogP contribution in [0.1, 0.15) is 61.2 Å². The molecule has 458 valence electrons. The second-order valence-corrected chi connectivity index (χ2v) is 21.7. The Bertz CT molecular complexity index is 2880. The number of amides is 5. The summed E-state index contributed by atoms with van der Waals surface area (Å²) in [6, 6.07) is 20.0. The molecule has 5 aromatic rings. The molecule has 0 aliphatic carbocycles. The topological polar surface area (TPSA) is 231 Å². The normalized spacial score (nSPS) is 13.4. The van der Waals surface area contributed by atoms with E-state index >= 15 is 0 Å². The van der Waals surface area contributed by atoms with E-state index < -0.39 is 12.1 Å². The van der Waals surface area contributed by atoms with Gasteiger partial charge in [-0.3, -0.25) is 19.7 Å². The number of ether oxygens (including phenoxy) is 5. The molecule has 1 saturated heterocycles. The molecule has 3 heterocycles. The number of benzene rings is 3. The Hall–Kier alpha value is -7.31. The van der Waals surface area contributed by atoms with Crippen LogP contribution in [0.4, 0.5) is 15.6 Å². The van der Waals surface area contributed by atoms with Crippen molar-refractivity contribution in [2.75, 3.05) is 123 Å². The van der Waals surface area contributed by atoms with Gasteiger partial charge in [0, 0.05) is 74.4 Å². The van der Waals surface area contributed by atoms with Gasteiger partial charge in [-0.05, 0) is 125 Å². The lowest BCUT2D eigenvalue weighted by Crippen LogP contribution is -2.47. The lowest BCUT2D eigenvalue weighted by molar-refractivity contribution is -0.141. The quantitative estimate of drug-likeness (QED) is 0.0165. The van der Waals surface area contributed by atoms with Crippen LogP contribution in [-0.2, 0) is 54.4 Å². The first kappa shape index (κ1) is 66.8. The third-order valence-electron chi connectivity index (χ3n) is 13.9. The van der Waals surface area contributed by atoms with E-state index in [0.717, 1.165) is 61.6 Å². The molecule has 2 unspecified atom stereocenters. The highest BCUT2D eigenvalue weighted by atomic mass is 35.5. The standard InChI is InChI=1S/C62H83ClN12O9S/c1-6-11-49(7-2)47(3)65-60(78)59(50-15-17-51(63)18-16-50)75(29-10-27-64)57(76)25-14-48-12-21-55(22-13-48)83-36-9-8-28-71(4)34-38-81-41-40-80-37-26-53-45-74(70-69-53)35-39-82-42-43-84-56-23-19-52(20-24-56)66-61(79)68-62-67-54(46-85-62)44-58(77)73-32-30-72(5)31-33-73/h6-7,11-13,15-24,27,45-47,59,64H,1-2,8-10,14,25-26,28-44H2,3-5H3,(H,65,78)(H2,66,67,68,79)/b49-11+,64-27?. The van der Waals surface area contributed by atoms with Gasteiger partial charge in [0.1, 0.15) is 24.1 Å². The Kier molecular flexibility index (Phi) is 29.2. The minimum atomic E-state index is -0.933. The predicted octanol–water partition coefficient (Wildman–Crippen LogP) is 8.16. The average molecular weight is 1210 g/mol. The van der Waals surface area contributed by atoms with Crippen molar-refractivity contribution in [2.45, 2.75) is 70.5 Å². The van der Waals surface area contributed by atoms with Crippen LogP contribution in [0.15, 0.2) is 121 Å². The molecule has 2 atom stereocenters. The van der Waals surface area contributed by atoms with Gasteiger partial charge in [0.2, 0.25) is 17.7 Å². The fourth-order valence-electron chi connectivity index (χ4n) is 8.98. The Labute approximate surface area is 508 Å². The zero-order valence-electron chi connectivity index (χ0n) is 49.3. The van der Waals surface area contributed by atoms with Crippen molar-refractivity contribution >= 4 is 63.7 Å². The summed E-state index contributed by atoms with van der Waals surface area (Å²) in [5.41, 5.74) is 4.43. The number of allylic oxidation sites excluding steroid dienone is 2. The summed E-state index contributed by atoms with van der Waals surface area (Å²) in [5, 5.41) is 27.4. The first-order chi connectivity index (χ1) is 41.3. The van der Waals surface area contributed by atoms with Gasteiger partial charge in [0.15, 0.2) is 5.13 Å². The van der Waals surface area contributed by atoms with Gasteiger partial charge < -0.3 is 59.3 Å². The fourth-order valence-corrected chi connectivity index (χ4v) is 9.81. The lowest BCUT2D eigenvalue weighted by atomic mass is 10.0. The number of carbonyl (C=O) groups excluding carboxylic acids is 4. The van der Waals surface area contributed by atoms with Gasteiger partial charge in [-0.25, -0.2) is 14.5 Å². The number of aryl methyl sites for hydroxylation is 1. The Balaban J connectivity index is 0.748. The van der Waals surface area contributed by atoms with Crippen LogP contribution in [0.25, 0.3) is 0 Å². The minimum Gasteiger partial charge on any atom is -0.494 e. The summed E-state index contributed by atoms with van der Waals surface area (Å²) in [6.07, 6.45) is 11.9. The predicted molar refractivity (Wildman–Crippen MR) is 333 cm³/mol. The van der Waals surface area contributed by atoms with E-state index in [1.165, 1.54) is 17.6 Å². The molecule has 0 spiro atoms. The number of urea groups is 1. The molecule has 0 bridgehead atoms. The molecule has 21 nitrogen and oxygen atoms in total. The van der Waals surface area contributed by atoms with Crippen LogP contribution < -0.4 is 25.4 Å². The molecule has 1 fully saturated rings. The molecule has 3 aromatic carbocycles. The lowest BCUT2D eigenvalue weighted by Gasteiger charge is -2.32. The van der Waals surface area contributed by atoms with E-state index in [2.05, 4.69) is 61.3 Å². The minimum absolute atomic E-state index is 0.0442. The highest BCUT2D eigenvalue weighted by Crippen LogP contribution is 2.26. The average Bonchev–Trinajstić information content (AvgIpc) is 4.36. The Morgan fingerprint density at radius 1 is 0.800 bits per heavy atom. The number of rotatable bonds is 39. The van der Waals surface area contributed by atoms with E-state index in [-0.39, 0.29) is 43.1 Å². The molecular weight excluding hydrogens is 1120 g/mol. The number of unbranched alkanes of at least 4 members (excludes halogenated alkanes) is 1. The molecule has 2 aromatic heterocycles. The molecule has 5 amide bonds. The number of likely N-dealkylation sites (N-methyl/N-ethyl adjacent to an activating group) is 2. The van der Waals surface area contributed by atoms with Gasteiger partial charge in [0.25, 0.3) is 0 Å². The number of thiazole rings is 1. The second-order valence-electron chi connectivity index (χ2n) is 20.4. The van der Waals surface area contributed by atoms with Gasteiger partial charge in [-0.1, -0.05) is 72.5 Å². The molecule has 1 aliphatic heterocycles. The van der Waals surface area contributed by atoms with Crippen LogP contribution in [0.5, 0.6) is 11.5 Å². The monoisotopic (exact) mass is 1210 g/mol. The van der Waals surface area contributed by atoms with Gasteiger partial charge in [0.05, 0.1) is 76.6 Å². The smallest absolute Gasteiger partial charge is 0.325 e. The zero-order chi connectivity index (χ0) is 60.6. The van der Waals surface area contributed by atoms with Gasteiger partial charge in [-0.15, -0.1) is 16.4 Å². The molecule has 1 aliphatic rings. The highest BCUT2D eigenvalue weighted by Gasteiger charge is 2.32. The van der Waals surface area contributed by atoms with Crippen molar-refractivity contribution in [2.24, 2.45) is 0 Å². The maximum absolute atomic E-state index is 13.9. The summed E-state index contributed by atoms with van der Waals surface area (Å²) in [5.74, 6) is 0.896. The van der Waals surface area contributed by atoms with Crippen molar-refractivity contribution in [3.63, 3.8) is 0 Å². The van der Waals surface area contributed by atoms with Crippen LogP contribution in [0.2, 0.25) is 5.02 Å². The molecule has 85 heavy (non-hydrogen) atoms. The highest BCUT2D eigenvalue weighted by molar-refractivity contribution is 7.14. The van der Waals surface area contributed by atoms with Crippen LogP contribution in [0.3, 0.4) is 0 Å². The summed E-state index contributed by atoms with van der Waals surface area (Å²) < 4.78 is 30.9. The van der Waals surface area contributed by atoms with Crippen molar-refractivity contribution in [3.8, 4) is 11.5 Å². The number of halogens is 1. The second kappa shape index (κ2) is 37.2. The first-order valence-electron chi connectivity index (χ1n) is 28.8. The third-order valence-corrected chi connectivity index (χ3v) is 14.9. The largest absolute Gasteiger partial charge is 0.494 e. The third kappa shape index (κ3) is 24.3. The molecule has 6 rings (SSSR count). The van der Waals surface area contributed by atoms with Crippen LogP contribution in [0, 0.1) is 5.41 Å². The van der Waals surface area contributed by atoms with Crippen molar-refractivity contribution < 1.29 is 42.9 Å². The van der Waals surface area contributed by atoms with Crippen LogP contribution in [-0.4, -0.2) is 188 Å². The number of piperazine rings is 1. The molecular formula is C62H83ClN12O9S. The van der Waals surface area contributed by atoms with E-state index in [0.29, 0.717) is 125 Å². The Morgan fingerprint density at radius 2 is 1.49 bits per heavy atom. The molecule has 4 N–H and O–H groups in total. The molecule has 23 heteroatoms. The first-order valence-corrected chi connectivity index (χ1v) is 30.1. The summed E-state index contributed by atoms with van der Waals surface area (Å²) >= 11 is 7.48. The SMILES string of the molecule is C=C/C=C(\C=C)C(C)NC(=O)C(c1ccc(Cl)cc1)N(CCC=N)C(=O)CCc1ccc(OCCCCN(C)CCOCCOCCc2cn(CCOCCOc3ccc(NC(=O)Nc4nc(CC(=O)N5CCN(C)CC5)cs4)cc3)nn2)cc1. The van der Waals surface area contributed by atoms with Gasteiger partial charge >= 0.3 is 6.03 Å². The molecule has 0 saturated carbocycles. The number of aromatic nitrogens is 4.